The first-order chi connectivity index (χ1) is 12.1. The molecule has 0 spiro atoms. The van der Waals surface area contributed by atoms with Crippen molar-refractivity contribution in [1.29, 1.82) is 0 Å². The standard InChI is InChI=1S/C21H22O4S/c1-14(16-5-7-17(8-6-16)20(22)23)12-15-4-9-19-18(13-15)21(2,3)10-11-26(19,24)25/h4-9,12-13H,10-11H2,1-3H3,(H,22,23)/b14-12-. The topological polar surface area (TPSA) is 71.4 Å². The molecule has 2 aromatic carbocycles. The number of benzene rings is 2. The molecule has 136 valence electrons. The van der Waals surface area contributed by atoms with Crippen molar-refractivity contribution >= 4 is 27.5 Å². The molecular weight excluding hydrogens is 348 g/mol. The van der Waals surface area contributed by atoms with Crippen LogP contribution in [0.1, 0.15) is 54.2 Å². The highest BCUT2D eigenvalue weighted by molar-refractivity contribution is 7.91. The maximum absolute atomic E-state index is 12.3. The van der Waals surface area contributed by atoms with E-state index in [1.54, 1.807) is 30.3 Å². The van der Waals surface area contributed by atoms with Gasteiger partial charge in [0.05, 0.1) is 16.2 Å². The largest absolute Gasteiger partial charge is 0.478 e. The molecule has 0 unspecified atom stereocenters. The zero-order valence-electron chi connectivity index (χ0n) is 15.1. The highest BCUT2D eigenvalue weighted by atomic mass is 32.2. The van der Waals surface area contributed by atoms with E-state index >= 15 is 0 Å². The van der Waals surface area contributed by atoms with Crippen molar-refractivity contribution in [2.24, 2.45) is 0 Å². The van der Waals surface area contributed by atoms with Gasteiger partial charge in [-0.05, 0) is 65.3 Å². The second kappa shape index (κ2) is 6.40. The molecule has 1 aliphatic rings. The van der Waals surface area contributed by atoms with Gasteiger partial charge in [-0.1, -0.05) is 38.1 Å². The Bertz CT molecular complexity index is 997. The smallest absolute Gasteiger partial charge is 0.335 e. The van der Waals surface area contributed by atoms with E-state index in [1.807, 2.05) is 25.1 Å². The van der Waals surface area contributed by atoms with Crippen LogP contribution in [0.25, 0.3) is 11.6 Å². The molecule has 2 aromatic rings. The number of fused-ring (bicyclic) bond motifs is 1. The third-order valence-electron chi connectivity index (χ3n) is 5.03. The number of rotatable bonds is 3. The van der Waals surface area contributed by atoms with Gasteiger partial charge in [-0.25, -0.2) is 13.2 Å². The molecule has 1 aliphatic heterocycles. The second-order valence-electron chi connectivity index (χ2n) is 7.42. The number of hydrogen-bond donors (Lipinski definition) is 1. The van der Waals surface area contributed by atoms with Crippen LogP contribution in [0.2, 0.25) is 0 Å². The Morgan fingerprint density at radius 2 is 1.69 bits per heavy atom. The predicted octanol–water partition coefficient (Wildman–Crippen LogP) is 4.40. The zero-order chi connectivity index (χ0) is 19.1. The van der Waals surface area contributed by atoms with Crippen molar-refractivity contribution in [3.05, 3.63) is 64.7 Å². The molecule has 0 aromatic heterocycles. The number of carboxylic acid groups (broad SMARTS) is 1. The van der Waals surface area contributed by atoms with Crippen LogP contribution in [0.3, 0.4) is 0 Å². The van der Waals surface area contributed by atoms with Gasteiger partial charge < -0.3 is 5.11 Å². The minimum absolute atomic E-state index is 0.179. The molecule has 0 saturated heterocycles. The first-order valence-corrected chi connectivity index (χ1v) is 10.1. The van der Waals surface area contributed by atoms with Crippen molar-refractivity contribution in [3.63, 3.8) is 0 Å². The molecule has 4 nitrogen and oxygen atoms in total. The fraction of sp³-hybridized carbons (Fsp3) is 0.286. The van der Waals surface area contributed by atoms with Gasteiger partial charge in [-0.2, -0.15) is 0 Å². The normalized spacial score (nSPS) is 18.2. The molecule has 1 N–H and O–H groups in total. The van der Waals surface area contributed by atoms with Crippen LogP contribution in [-0.4, -0.2) is 25.2 Å². The zero-order valence-corrected chi connectivity index (χ0v) is 15.9. The SMILES string of the molecule is C/C(=C/c1ccc2c(c1)C(C)(C)CCS2(=O)=O)c1ccc(C(=O)O)cc1. The number of aromatic carboxylic acids is 1. The summed E-state index contributed by atoms with van der Waals surface area (Å²) in [6.07, 6.45) is 2.61. The summed E-state index contributed by atoms with van der Waals surface area (Å²) in [5.74, 6) is -0.756. The average molecular weight is 370 g/mol. The van der Waals surface area contributed by atoms with Gasteiger partial charge in [-0.3, -0.25) is 0 Å². The Kier molecular flexibility index (Phi) is 4.53. The fourth-order valence-electron chi connectivity index (χ4n) is 3.28. The summed E-state index contributed by atoms with van der Waals surface area (Å²) in [6, 6.07) is 12.2. The summed E-state index contributed by atoms with van der Waals surface area (Å²) in [4.78, 5) is 11.4. The molecule has 0 amide bonds. The lowest BCUT2D eigenvalue weighted by molar-refractivity contribution is 0.0697. The van der Waals surface area contributed by atoms with Crippen LogP contribution >= 0.6 is 0 Å². The lowest BCUT2D eigenvalue weighted by atomic mass is 9.81. The fourth-order valence-corrected chi connectivity index (χ4v) is 5.23. The van der Waals surface area contributed by atoms with E-state index in [-0.39, 0.29) is 16.7 Å². The Morgan fingerprint density at radius 1 is 1.08 bits per heavy atom. The van der Waals surface area contributed by atoms with Crippen LogP contribution in [0, 0.1) is 0 Å². The lowest BCUT2D eigenvalue weighted by Gasteiger charge is -2.32. The van der Waals surface area contributed by atoms with Crippen LogP contribution in [0.15, 0.2) is 47.4 Å². The number of sulfone groups is 1. The summed E-state index contributed by atoms with van der Waals surface area (Å²) in [7, 11) is -3.20. The Hall–Kier alpha value is -2.40. The maximum atomic E-state index is 12.3. The van der Waals surface area contributed by atoms with Crippen molar-refractivity contribution in [1.82, 2.24) is 0 Å². The molecule has 0 atom stereocenters. The van der Waals surface area contributed by atoms with E-state index in [0.29, 0.717) is 11.3 Å². The molecule has 0 bridgehead atoms. The second-order valence-corrected chi connectivity index (χ2v) is 9.50. The summed E-state index contributed by atoms with van der Waals surface area (Å²) in [5.41, 5.74) is 3.79. The molecule has 0 fully saturated rings. The van der Waals surface area contributed by atoms with Crippen LogP contribution in [0.5, 0.6) is 0 Å². The van der Waals surface area contributed by atoms with Gasteiger partial charge in [0.15, 0.2) is 9.84 Å². The Labute approximate surface area is 154 Å². The minimum atomic E-state index is -3.20. The average Bonchev–Trinajstić information content (AvgIpc) is 2.59. The van der Waals surface area contributed by atoms with E-state index in [0.717, 1.165) is 22.3 Å². The molecule has 0 saturated carbocycles. The molecule has 1 heterocycles. The molecule has 26 heavy (non-hydrogen) atoms. The first-order valence-electron chi connectivity index (χ1n) is 8.49. The maximum Gasteiger partial charge on any atom is 0.335 e. The van der Waals surface area contributed by atoms with E-state index in [9.17, 15) is 13.2 Å². The minimum Gasteiger partial charge on any atom is -0.478 e. The molecule has 0 aliphatic carbocycles. The van der Waals surface area contributed by atoms with Crippen molar-refractivity contribution in [2.45, 2.75) is 37.5 Å². The highest BCUT2D eigenvalue weighted by Crippen LogP contribution is 2.39. The van der Waals surface area contributed by atoms with Crippen LogP contribution in [-0.2, 0) is 15.3 Å². The summed E-state index contributed by atoms with van der Waals surface area (Å²) < 4.78 is 24.7. The van der Waals surface area contributed by atoms with Gasteiger partial charge >= 0.3 is 5.97 Å². The summed E-state index contributed by atoms with van der Waals surface area (Å²) >= 11 is 0. The summed E-state index contributed by atoms with van der Waals surface area (Å²) in [6.45, 7) is 6.11. The van der Waals surface area contributed by atoms with Gasteiger partial charge in [0, 0.05) is 0 Å². The number of carbonyl (C=O) groups is 1. The van der Waals surface area contributed by atoms with Crippen LogP contribution in [0.4, 0.5) is 0 Å². The molecule has 0 radical (unpaired) electrons. The Balaban J connectivity index is 2.00. The number of hydrogen-bond acceptors (Lipinski definition) is 3. The van der Waals surface area contributed by atoms with Gasteiger partial charge in [-0.15, -0.1) is 0 Å². The predicted molar refractivity (Wildman–Crippen MR) is 103 cm³/mol. The van der Waals surface area contributed by atoms with Crippen molar-refractivity contribution in [2.75, 3.05) is 5.75 Å². The Morgan fingerprint density at radius 3 is 2.31 bits per heavy atom. The van der Waals surface area contributed by atoms with Crippen molar-refractivity contribution in [3.8, 4) is 0 Å². The van der Waals surface area contributed by atoms with Crippen LogP contribution < -0.4 is 0 Å². The van der Waals surface area contributed by atoms with Crippen molar-refractivity contribution < 1.29 is 18.3 Å². The molecule has 3 rings (SSSR count). The van der Waals surface area contributed by atoms with Gasteiger partial charge in [0.1, 0.15) is 0 Å². The van der Waals surface area contributed by atoms with E-state index in [1.165, 1.54) is 0 Å². The van der Waals surface area contributed by atoms with E-state index in [2.05, 4.69) is 13.8 Å². The number of allylic oxidation sites excluding steroid dienone is 1. The quantitative estimate of drug-likeness (QED) is 0.813. The highest BCUT2D eigenvalue weighted by Gasteiger charge is 2.35. The lowest BCUT2D eigenvalue weighted by Crippen LogP contribution is -2.30. The van der Waals surface area contributed by atoms with E-state index in [4.69, 9.17) is 5.11 Å². The van der Waals surface area contributed by atoms with Gasteiger partial charge in [0.2, 0.25) is 0 Å². The third kappa shape index (κ3) is 3.44. The van der Waals surface area contributed by atoms with E-state index < -0.39 is 15.8 Å². The summed E-state index contributed by atoms with van der Waals surface area (Å²) in [5, 5.41) is 8.99. The van der Waals surface area contributed by atoms with Gasteiger partial charge in [0.25, 0.3) is 0 Å². The number of carboxylic acids is 1. The third-order valence-corrected chi connectivity index (χ3v) is 6.80. The molecular formula is C21H22O4S. The molecule has 5 heteroatoms. The monoisotopic (exact) mass is 370 g/mol. The first kappa shape index (κ1) is 18.4.